The van der Waals surface area contributed by atoms with Gasteiger partial charge in [0.05, 0.1) is 6.26 Å². The van der Waals surface area contributed by atoms with Crippen LogP contribution in [0.25, 0.3) is 0 Å². The van der Waals surface area contributed by atoms with Crippen molar-refractivity contribution in [3.8, 4) is 0 Å². The maximum atomic E-state index is 12.9. The lowest BCUT2D eigenvalue weighted by Gasteiger charge is -2.23. The third kappa shape index (κ3) is 6.45. The monoisotopic (exact) mass is 302 g/mol. The first-order chi connectivity index (χ1) is 9.29. The molecule has 0 amide bonds. The minimum atomic E-state index is -3.12. The number of sulfonamides is 1. The van der Waals surface area contributed by atoms with E-state index in [0.29, 0.717) is 25.4 Å². The van der Waals surface area contributed by atoms with E-state index in [4.69, 9.17) is 0 Å². The van der Waals surface area contributed by atoms with Crippen molar-refractivity contribution in [1.82, 2.24) is 10.0 Å². The van der Waals surface area contributed by atoms with Crippen molar-refractivity contribution < 1.29 is 12.8 Å². The average molecular weight is 302 g/mol. The molecule has 0 aromatic heterocycles. The lowest BCUT2D eigenvalue weighted by atomic mass is 9.96. The van der Waals surface area contributed by atoms with Crippen LogP contribution in [-0.2, 0) is 10.0 Å². The largest absolute Gasteiger partial charge is 0.310 e. The zero-order valence-corrected chi connectivity index (χ0v) is 13.0. The van der Waals surface area contributed by atoms with E-state index in [0.717, 1.165) is 11.8 Å². The highest BCUT2D eigenvalue weighted by Gasteiger charge is 2.14. The van der Waals surface area contributed by atoms with Crippen molar-refractivity contribution >= 4 is 10.0 Å². The zero-order valence-electron chi connectivity index (χ0n) is 12.2. The van der Waals surface area contributed by atoms with Gasteiger partial charge in [-0.3, -0.25) is 0 Å². The molecule has 1 rings (SSSR count). The Labute approximate surface area is 120 Å². The van der Waals surface area contributed by atoms with Crippen molar-refractivity contribution in [1.29, 1.82) is 0 Å². The highest BCUT2D eigenvalue weighted by Crippen LogP contribution is 2.21. The predicted molar refractivity (Wildman–Crippen MR) is 79.4 cm³/mol. The van der Waals surface area contributed by atoms with Crippen molar-refractivity contribution in [3.63, 3.8) is 0 Å². The summed E-state index contributed by atoms with van der Waals surface area (Å²) in [5, 5.41) is 3.38. The van der Waals surface area contributed by atoms with Crippen LogP contribution in [0.2, 0.25) is 0 Å². The second-order valence-corrected chi connectivity index (χ2v) is 7.08. The number of nitrogens with one attached hydrogen (secondary N) is 2. The zero-order chi connectivity index (χ0) is 15.2. The quantitative estimate of drug-likeness (QED) is 0.723. The van der Waals surface area contributed by atoms with Gasteiger partial charge in [-0.25, -0.2) is 17.5 Å². The van der Waals surface area contributed by atoms with Gasteiger partial charge in [0, 0.05) is 12.6 Å². The summed E-state index contributed by atoms with van der Waals surface area (Å²) in [6, 6.07) is 6.60. The molecule has 0 saturated carbocycles. The molecule has 0 aliphatic heterocycles. The Morgan fingerprint density at radius 2 is 1.75 bits per heavy atom. The van der Waals surface area contributed by atoms with Gasteiger partial charge in [0.2, 0.25) is 10.0 Å². The van der Waals surface area contributed by atoms with E-state index in [-0.39, 0.29) is 11.9 Å². The molecule has 0 spiro atoms. The van der Waals surface area contributed by atoms with Gasteiger partial charge in [0.15, 0.2) is 0 Å². The number of rotatable bonds is 8. The average Bonchev–Trinajstić information content (AvgIpc) is 2.33. The Kier molecular flexibility index (Phi) is 6.58. The molecule has 0 aliphatic rings. The van der Waals surface area contributed by atoms with Gasteiger partial charge in [-0.15, -0.1) is 0 Å². The topological polar surface area (TPSA) is 58.2 Å². The molecule has 1 aromatic rings. The van der Waals surface area contributed by atoms with Crippen LogP contribution < -0.4 is 10.0 Å². The van der Waals surface area contributed by atoms with Crippen LogP contribution in [0.5, 0.6) is 0 Å². The third-order valence-corrected chi connectivity index (χ3v) is 3.71. The summed E-state index contributed by atoms with van der Waals surface area (Å²) in [4.78, 5) is 0. The highest BCUT2D eigenvalue weighted by molar-refractivity contribution is 7.88. The van der Waals surface area contributed by atoms with E-state index in [2.05, 4.69) is 23.9 Å². The van der Waals surface area contributed by atoms with Crippen LogP contribution in [0.3, 0.4) is 0 Å². The lowest BCUT2D eigenvalue weighted by molar-refractivity contribution is 0.409. The molecule has 0 saturated heterocycles. The van der Waals surface area contributed by atoms with Crippen LogP contribution in [0.1, 0.15) is 31.9 Å². The second kappa shape index (κ2) is 7.71. The molecule has 1 atom stereocenters. The number of hydrogen-bond acceptors (Lipinski definition) is 3. The van der Waals surface area contributed by atoms with Crippen LogP contribution >= 0.6 is 0 Å². The van der Waals surface area contributed by atoms with E-state index >= 15 is 0 Å². The van der Waals surface area contributed by atoms with E-state index in [9.17, 15) is 12.8 Å². The summed E-state index contributed by atoms with van der Waals surface area (Å²) in [6.07, 6.45) is 1.85. The molecule has 0 unspecified atom stereocenters. The molecule has 2 N–H and O–H groups in total. The second-order valence-electron chi connectivity index (χ2n) is 5.25. The van der Waals surface area contributed by atoms with E-state index in [1.165, 1.54) is 12.1 Å². The molecule has 0 heterocycles. The Balaban J connectivity index is 2.46. The number of benzene rings is 1. The Hall–Kier alpha value is -0.980. The van der Waals surface area contributed by atoms with Gasteiger partial charge in [0.1, 0.15) is 5.82 Å². The minimum Gasteiger partial charge on any atom is -0.310 e. The molecule has 0 radical (unpaired) electrons. The summed E-state index contributed by atoms with van der Waals surface area (Å²) >= 11 is 0. The first kappa shape index (κ1) is 17.1. The molecule has 0 bridgehead atoms. The Bertz CT molecular complexity index is 500. The van der Waals surface area contributed by atoms with Crippen LogP contribution in [0.15, 0.2) is 24.3 Å². The fraction of sp³-hybridized carbons (Fsp3) is 0.571. The van der Waals surface area contributed by atoms with Crippen LogP contribution in [0.4, 0.5) is 4.39 Å². The van der Waals surface area contributed by atoms with Crippen molar-refractivity contribution in [2.24, 2.45) is 5.92 Å². The van der Waals surface area contributed by atoms with Gasteiger partial charge in [-0.1, -0.05) is 26.0 Å². The Morgan fingerprint density at radius 3 is 2.25 bits per heavy atom. The molecule has 4 nitrogen and oxygen atoms in total. The van der Waals surface area contributed by atoms with Gasteiger partial charge >= 0.3 is 0 Å². The molecule has 1 aromatic carbocycles. The maximum absolute atomic E-state index is 12.9. The summed E-state index contributed by atoms with van der Waals surface area (Å²) in [5.74, 6) is 0.122. The molecule has 20 heavy (non-hydrogen) atoms. The lowest BCUT2D eigenvalue weighted by Crippen LogP contribution is -2.30. The summed E-state index contributed by atoms with van der Waals surface area (Å²) in [7, 11) is -3.12. The smallest absolute Gasteiger partial charge is 0.208 e. The molecule has 0 aliphatic carbocycles. The minimum absolute atomic E-state index is 0.133. The van der Waals surface area contributed by atoms with Crippen LogP contribution in [-0.4, -0.2) is 27.8 Å². The van der Waals surface area contributed by atoms with Crippen LogP contribution in [0, 0.1) is 11.7 Å². The third-order valence-electron chi connectivity index (χ3n) is 2.98. The number of hydrogen-bond donors (Lipinski definition) is 2. The van der Waals surface area contributed by atoms with E-state index in [1.807, 2.05) is 0 Å². The van der Waals surface area contributed by atoms with Gasteiger partial charge < -0.3 is 5.32 Å². The number of halogens is 1. The van der Waals surface area contributed by atoms with Gasteiger partial charge in [0.25, 0.3) is 0 Å². The molecule has 114 valence electrons. The predicted octanol–water partition coefficient (Wildman–Crippen LogP) is 2.05. The van der Waals surface area contributed by atoms with Gasteiger partial charge in [-0.2, -0.15) is 0 Å². The van der Waals surface area contributed by atoms with Crippen molar-refractivity contribution in [2.45, 2.75) is 26.3 Å². The molecular weight excluding hydrogens is 279 g/mol. The fourth-order valence-electron chi connectivity index (χ4n) is 2.01. The van der Waals surface area contributed by atoms with Gasteiger partial charge in [-0.05, 0) is 36.6 Å². The van der Waals surface area contributed by atoms with Crippen molar-refractivity contribution in [2.75, 3.05) is 19.3 Å². The summed E-state index contributed by atoms with van der Waals surface area (Å²) in [6.45, 7) is 5.30. The molecule has 6 heteroatoms. The normalized spacial score (nSPS) is 13.7. The SMILES string of the molecule is CC(C)[C@@H](NCCCNS(C)(=O)=O)c1ccc(F)cc1. The fourth-order valence-corrected chi connectivity index (χ4v) is 2.53. The first-order valence-electron chi connectivity index (χ1n) is 6.73. The summed E-state index contributed by atoms with van der Waals surface area (Å²) in [5.41, 5.74) is 1.04. The Morgan fingerprint density at radius 1 is 1.15 bits per heavy atom. The maximum Gasteiger partial charge on any atom is 0.208 e. The molecule has 0 fully saturated rings. The van der Waals surface area contributed by atoms with E-state index in [1.54, 1.807) is 12.1 Å². The van der Waals surface area contributed by atoms with E-state index < -0.39 is 10.0 Å². The van der Waals surface area contributed by atoms with Crippen molar-refractivity contribution in [3.05, 3.63) is 35.6 Å². The highest BCUT2D eigenvalue weighted by atomic mass is 32.2. The first-order valence-corrected chi connectivity index (χ1v) is 8.62. The standard InChI is InChI=1S/C14H23FN2O2S/c1-11(2)14(12-5-7-13(15)8-6-12)16-9-4-10-17-20(3,18)19/h5-8,11,14,16-17H,4,9-10H2,1-3H3/t14-/m1/s1. The molecular formula is C14H23FN2O2S. The summed E-state index contributed by atoms with van der Waals surface area (Å²) < 4.78 is 37.2.